The van der Waals surface area contributed by atoms with Crippen LogP contribution in [0.2, 0.25) is 0 Å². The van der Waals surface area contributed by atoms with Gasteiger partial charge in [-0.15, -0.1) is 0 Å². The van der Waals surface area contributed by atoms with E-state index in [1.807, 2.05) is 27.2 Å². The van der Waals surface area contributed by atoms with Crippen molar-refractivity contribution in [2.24, 2.45) is 0 Å². The quantitative estimate of drug-likeness (QED) is 0.0243. The van der Waals surface area contributed by atoms with Crippen LogP contribution in [0.3, 0.4) is 0 Å². The van der Waals surface area contributed by atoms with Crippen LogP contribution in [0, 0.1) is 0 Å². The van der Waals surface area contributed by atoms with Crippen molar-refractivity contribution in [3.8, 4) is 0 Å². The number of nitrogens with zero attached hydrogens (tertiary/aromatic N) is 1. The van der Waals surface area contributed by atoms with Crippen LogP contribution in [-0.4, -0.2) is 73.4 Å². The van der Waals surface area contributed by atoms with Gasteiger partial charge in [0.05, 0.1) is 39.9 Å². The molecule has 3 unspecified atom stereocenters. The van der Waals surface area contributed by atoms with Gasteiger partial charge in [0.1, 0.15) is 13.2 Å². The summed E-state index contributed by atoms with van der Waals surface area (Å²) in [7, 11) is 1.56. The SMILES string of the molecule is CCCCCCCCCCCCCCCC/C=C/CC/C=C/C(O)C(COP(=O)(O)OCC[N+](C)(C)C)NC(=O)CCCCCCCCCCCCCCCCCCCC. The summed E-state index contributed by atoms with van der Waals surface area (Å²) in [6.45, 7) is 4.82. The highest BCUT2D eigenvalue weighted by Crippen LogP contribution is 2.43. The fraction of sp³-hybridized carbons (Fsp3) is 0.902. The number of nitrogens with one attached hydrogen (secondary N) is 1. The smallest absolute Gasteiger partial charge is 0.387 e. The van der Waals surface area contributed by atoms with Crippen LogP contribution in [0.1, 0.15) is 245 Å². The molecule has 9 heteroatoms. The van der Waals surface area contributed by atoms with Crippen molar-refractivity contribution in [1.29, 1.82) is 0 Å². The molecule has 0 aliphatic rings. The molecule has 0 saturated heterocycles. The van der Waals surface area contributed by atoms with Crippen molar-refractivity contribution in [2.75, 3.05) is 40.9 Å². The monoisotopic (exact) mass is 870 g/mol. The van der Waals surface area contributed by atoms with Crippen molar-refractivity contribution in [3.05, 3.63) is 24.3 Å². The van der Waals surface area contributed by atoms with E-state index in [2.05, 4.69) is 31.3 Å². The lowest BCUT2D eigenvalue weighted by Crippen LogP contribution is -2.45. The minimum Gasteiger partial charge on any atom is -0.387 e. The maximum absolute atomic E-state index is 12.9. The van der Waals surface area contributed by atoms with Crippen molar-refractivity contribution < 1.29 is 32.9 Å². The topological polar surface area (TPSA) is 105 Å². The minimum atomic E-state index is -4.35. The molecule has 0 aliphatic carbocycles. The van der Waals surface area contributed by atoms with Gasteiger partial charge in [-0.1, -0.05) is 231 Å². The van der Waals surface area contributed by atoms with Crippen molar-refractivity contribution in [3.63, 3.8) is 0 Å². The highest BCUT2D eigenvalue weighted by atomic mass is 31.2. The number of phosphoric acid groups is 1. The number of unbranched alkanes of at least 4 members (excludes halogenated alkanes) is 32. The second-order valence-corrected chi connectivity index (χ2v) is 20.4. The third-order valence-corrected chi connectivity index (χ3v) is 12.7. The van der Waals surface area contributed by atoms with Gasteiger partial charge >= 0.3 is 7.82 Å². The van der Waals surface area contributed by atoms with E-state index in [0.29, 0.717) is 17.4 Å². The Kier molecular flexibility index (Phi) is 42.5. The number of aliphatic hydroxyl groups excluding tert-OH is 1. The highest BCUT2D eigenvalue weighted by Gasteiger charge is 2.27. The fourth-order valence-corrected chi connectivity index (χ4v) is 8.32. The Hall–Kier alpha value is -1.02. The average molecular weight is 870 g/mol. The molecule has 0 bridgehead atoms. The highest BCUT2D eigenvalue weighted by molar-refractivity contribution is 7.47. The third kappa shape index (κ3) is 45.0. The molecule has 0 spiro atoms. The number of phosphoric ester groups is 1. The third-order valence-electron chi connectivity index (χ3n) is 11.7. The Morgan fingerprint density at radius 2 is 0.917 bits per heavy atom. The summed E-state index contributed by atoms with van der Waals surface area (Å²) in [5.74, 6) is -0.183. The number of quaternary nitrogens is 1. The van der Waals surface area contributed by atoms with E-state index in [9.17, 15) is 19.4 Å². The van der Waals surface area contributed by atoms with Crippen LogP contribution in [0.5, 0.6) is 0 Å². The zero-order chi connectivity index (χ0) is 44.3. The first kappa shape index (κ1) is 59.0. The Balaban J connectivity index is 4.34. The molecule has 60 heavy (non-hydrogen) atoms. The summed E-state index contributed by atoms with van der Waals surface area (Å²) in [4.78, 5) is 23.2. The molecular formula is C51H102N2O6P+. The number of likely N-dealkylation sites (N-methyl/N-ethyl adjacent to an activating group) is 1. The Labute approximate surface area is 373 Å². The minimum absolute atomic E-state index is 0.0586. The summed E-state index contributed by atoms with van der Waals surface area (Å²) >= 11 is 0. The molecule has 0 radical (unpaired) electrons. The first-order valence-electron chi connectivity index (χ1n) is 25.7. The van der Waals surface area contributed by atoms with Crippen LogP contribution < -0.4 is 5.32 Å². The number of carbonyl (C=O) groups is 1. The van der Waals surface area contributed by atoms with E-state index in [1.54, 1.807) is 6.08 Å². The number of rotatable bonds is 47. The summed E-state index contributed by atoms with van der Waals surface area (Å²) in [6.07, 6.45) is 52.6. The van der Waals surface area contributed by atoms with Crippen molar-refractivity contribution in [1.82, 2.24) is 5.32 Å². The second-order valence-electron chi connectivity index (χ2n) is 18.9. The van der Waals surface area contributed by atoms with E-state index < -0.39 is 20.0 Å². The van der Waals surface area contributed by atoms with Crippen LogP contribution in [0.4, 0.5) is 0 Å². The van der Waals surface area contributed by atoms with Crippen molar-refractivity contribution in [2.45, 2.75) is 257 Å². The van der Waals surface area contributed by atoms with Gasteiger partial charge in [-0.05, 0) is 32.1 Å². The maximum Gasteiger partial charge on any atom is 0.472 e. The van der Waals surface area contributed by atoms with Gasteiger partial charge in [-0.3, -0.25) is 13.8 Å². The zero-order valence-electron chi connectivity index (χ0n) is 40.5. The van der Waals surface area contributed by atoms with E-state index in [4.69, 9.17) is 9.05 Å². The largest absolute Gasteiger partial charge is 0.472 e. The molecule has 0 aromatic carbocycles. The molecule has 8 nitrogen and oxygen atoms in total. The molecule has 0 rings (SSSR count). The van der Waals surface area contributed by atoms with E-state index in [0.717, 1.165) is 38.5 Å². The molecule has 0 saturated carbocycles. The van der Waals surface area contributed by atoms with Crippen molar-refractivity contribution >= 4 is 13.7 Å². The van der Waals surface area contributed by atoms with E-state index in [1.165, 1.54) is 186 Å². The molecule has 1 amide bonds. The Morgan fingerprint density at radius 1 is 0.550 bits per heavy atom. The number of carbonyl (C=O) groups excluding carboxylic acids is 1. The van der Waals surface area contributed by atoms with Gasteiger partial charge in [0.25, 0.3) is 0 Å². The van der Waals surface area contributed by atoms with E-state index >= 15 is 0 Å². The Morgan fingerprint density at radius 3 is 1.33 bits per heavy atom. The molecule has 3 N–H and O–H groups in total. The average Bonchev–Trinajstić information content (AvgIpc) is 3.20. The predicted molar refractivity (Wildman–Crippen MR) is 258 cm³/mol. The molecule has 0 heterocycles. The standard InChI is InChI=1S/C51H101N2O6P/c1-6-8-10-12-14-16-18-20-22-24-26-27-28-30-32-34-36-38-40-42-44-50(54)49(48-59-60(56,57)58-47-46-53(3,4)5)52-51(55)45-43-41-39-37-35-33-31-29-25-23-21-19-17-15-13-11-9-7-2/h34,36,42,44,49-50,54H,6-33,35,37-41,43,45-48H2,1-5H3,(H-,52,55,56,57)/p+1/b36-34+,44-42+. The number of amides is 1. The molecule has 0 aromatic heterocycles. The summed E-state index contributed by atoms with van der Waals surface area (Å²) in [5, 5.41) is 13.9. The van der Waals surface area contributed by atoms with Gasteiger partial charge in [-0.25, -0.2) is 4.57 Å². The predicted octanol–water partition coefficient (Wildman–Crippen LogP) is 14.9. The van der Waals surface area contributed by atoms with Gasteiger partial charge in [0, 0.05) is 6.42 Å². The lowest BCUT2D eigenvalue weighted by Gasteiger charge is -2.25. The van der Waals surface area contributed by atoms with Gasteiger partial charge in [0.15, 0.2) is 0 Å². The first-order chi connectivity index (χ1) is 29.0. The molecule has 0 aliphatic heterocycles. The molecular weight excluding hydrogens is 768 g/mol. The number of aliphatic hydroxyl groups is 1. The Bertz CT molecular complexity index is 1030. The molecule has 356 valence electrons. The number of hydrogen-bond donors (Lipinski definition) is 3. The molecule has 3 atom stereocenters. The van der Waals surface area contributed by atoms with Crippen LogP contribution >= 0.6 is 7.82 Å². The van der Waals surface area contributed by atoms with Crippen LogP contribution in [-0.2, 0) is 18.4 Å². The lowest BCUT2D eigenvalue weighted by atomic mass is 10.0. The normalized spacial score (nSPS) is 14.3. The van der Waals surface area contributed by atoms with Crippen LogP contribution in [0.15, 0.2) is 24.3 Å². The van der Waals surface area contributed by atoms with Crippen LogP contribution in [0.25, 0.3) is 0 Å². The summed E-state index contributed by atoms with van der Waals surface area (Å²) in [6, 6.07) is -0.859. The van der Waals surface area contributed by atoms with Gasteiger partial charge < -0.3 is 19.8 Å². The summed E-state index contributed by atoms with van der Waals surface area (Å²) < 4.78 is 23.6. The second kappa shape index (κ2) is 43.2. The van der Waals surface area contributed by atoms with Gasteiger partial charge in [-0.2, -0.15) is 0 Å². The fourth-order valence-electron chi connectivity index (χ4n) is 7.59. The lowest BCUT2D eigenvalue weighted by molar-refractivity contribution is -0.870. The maximum atomic E-state index is 12.9. The van der Waals surface area contributed by atoms with E-state index in [-0.39, 0.29) is 19.1 Å². The molecule has 0 aromatic rings. The number of allylic oxidation sites excluding steroid dienone is 3. The van der Waals surface area contributed by atoms with Gasteiger partial charge in [0.2, 0.25) is 5.91 Å². The number of hydrogen-bond acceptors (Lipinski definition) is 5. The molecule has 0 fully saturated rings. The zero-order valence-corrected chi connectivity index (χ0v) is 41.4. The summed E-state index contributed by atoms with van der Waals surface area (Å²) in [5.41, 5.74) is 0. The first-order valence-corrected chi connectivity index (χ1v) is 27.2.